The predicted octanol–water partition coefficient (Wildman–Crippen LogP) is 8.21. The Morgan fingerprint density at radius 3 is 1.28 bits per heavy atom. The minimum Gasteiger partial charge on any atom is -0.463 e. The fourth-order valence-electron chi connectivity index (χ4n) is 7.62. The Morgan fingerprint density at radius 1 is 0.586 bits per heavy atom. The molecule has 0 radical (unpaired) electrons. The van der Waals surface area contributed by atoms with E-state index in [1.54, 1.807) is 0 Å². The highest BCUT2D eigenvalue weighted by Crippen LogP contribution is 2.49. The van der Waals surface area contributed by atoms with Crippen molar-refractivity contribution in [2.75, 3.05) is 34.5 Å². The Morgan fingerprint density at radius 2 is 0.931 bits per heavy atom. The lowest BCUT2D eigenvalue weighted by molar-refractivity contribution is -0.280. The van der Waals surface area contributed by atoms with Crippen LogP contribution in [0.15, 0.2) is 91.0 Å². The van der Waals surface area contributed by atoms with E-state index in [1.807, 2.05) is 0 Å². The molecule has 1 aliphatic rings. The van der Waals surface area contributed by atoms with Gasteiger partial charge in [-0.25, -0.2) is 14.4 Å². The standard InChI is InChI=1S/C40H41F9O9/c1-24-21-30(58-34(52)37(55-5,40(47,48)49)28-19-13-8-14-20-28)31(25(2)22-56-32(50)35(53-3,38(41,42)43)26-15-9-6-10-16-26)29(24)23-57-33(51)36(54-4,39(44,45)46)27-17-11-7-12-18-27/h6-20,24-25,29-31H,21-23H2,1-5H3/t24-,25-,29+,30-,31-,35-,36-,37-/m0/s1. The van der Waals surface area contributed by atoms with Gasteiger partial charge < -0.3 is 28.4 Å². The van der Waals surface area contributed by atoms with Crippen molar-refractivity contribution >= 4 is 17.9 Å². The van der Waals surface area contributed by atoms with E-state index in [0.29, 0.717) is 21.3 Å². The van der Waals surface area contributed by atoms with Crippen molar-refractivity contribution in [3.05, 3.63) is 108 Å². The summed E-state index contributed by atoms with van der Waals surface area (Å²) in [5.74, 6) is -10.2. The third-order valence-corrected chi connectivity index (χ3v) is 10.6. The molecule has 1 saturated carbocycles. The van der Waals surface area contributed by atoms with Crippen LogP contribution in [0, 0.1) is 23.7 Å². The Hall–Kier alpha value is -4.68. The minimum absolute atomic E-state index is 0.273. The number of carbonyl (C=O) groups is 3. The number of hydrogen-bond donors (Lipinski definition) is 0. The van der Waals surface area contributed by atoms with Gasteiger partial charge in [0.15, 0.2) is 0 Å². The third kappa shape index (κ3) is 8.27. The highest BCUT2D eigenvalue weighted by Gasteiger charge is 2.67. The summed E-state index contributed by atoms with van der Waals surface area (Å²) in [6.45, 7) is 1.03. The molecule has 0 bridgehead atoms. The van der Waals surface area contributed by atoms with Crippen molar-refractivity contribution in [3.63, 3.8) is 0 Å². The van der Waals surface area contributed by atoms with Crippen molar-refractivity contribution in [2.45, 2.75) is 61.7 Å². The van der Waals surface area contributed by atoms with Crippen LogP contribution in [0.3, 0.4) is 0 Å². The van der Waals surface area contributed by atoms with Gasteiger partial charge in [0.2, 0.25) is 0 Å². The van der Waals surface area contributed by atoms with E-state index in [9.17, 15) is 53.9 Å². The number of alkyl halides is 9. The van der Waals surface area contributed by atoms with Crippen LogP contribution in [0.5, 0.6) is 0 Å². The first-order valence-corrected chi connectivity index (χ1v) is 17.7. The Bertz CT molecular complexity index is 1840. The Labute approximate surface area is 327 Å². The molecule has 0 spiro atoms. The van der Waals surface area contributed by atoms with Crippen molar-refractivity contribution in [2.24, 2.45) is 23.7 Å². The predicted molar refractivity (Wildman–Crippen MR) is 185 cm³/mol. The second-order valence-corrected chi connectivity index (χ2v) is 13.8. The van der Waals surface area contributed by atoms with Gasteiger partial charge in [-0.3, -0.25) is 0 Å². The second kappa shape index (κ2) is 17.7. The molecule has 18 heteroatoms. The van der Waals surface area contributed by atoms with Crippen LogP contribution in [0.25, 0.3) is 0 Å². The molecule has 8 atom stereocenters. The first-order chi connectivity index (χ1) is 27.1. The Kier molecular flexibility index (Phi) is 14.0. The van der Waals surface area contributed by atoms with E-state index in [-0.39, 0.29) is 6.42 Å². The highest BCUT2D eigenvalue weighted by atomic mass is 19.4. The fraction of sp³-hybridized carbons (Fsp3) is 0.475. The smallest absolute Gasteiger partial charge is 0.432 e. The van der Waals surface area contributed by atoms with Gasteiger partial charge in [-0.1, -0.05) is 105 Å². The molecule has 0 N–H and O–H groups in total. The summed E-state index contributed by atoms with van der Waals surface area (Å²) in [6.07, 6.45) is -18.0. The zero-order chi connectivity index (χ0) is 43.3. The van der Waals surface area contributed by atoms with Crippen molar-refractivity contribution in [1.82, 2.24) is 0 Å². The van der Waals surface area contributed by atoms with Crippen LogP contribution < -0.4 is 0 Å². The molecule has 3 aromatic carbocycles. The number of carbonyl (C=O) groups excluding carboxylic acids is 3. The normalized spacial score (nSPS) is 22.4. The number of benzene rings is 3. The number of halogens is 9. The minimum atomic E-state index is -5.41. The molecule has 0 aromatic heterocycles. The number of ether oxygens (including phenoxy) is 6. The number of esters is 3. The van der Waals surface area contributed by atoms with E-state index >= 15 is 0 Å². The van der Waals surface area contributed by atoms with Crippen LogP contribution >= 0.6 is 0 Å². The molecule has 318 valence electrons. The summed E-state index contributed by atoms with van der Waals surface area (Å²) in [7, 11) is 1.90. The van der Waals surface area contributed by atoms with Crippen LogP contribution in [0.4, 0.5) is 39.5 Å². The van der Waals surface area contributed by atoms with Crippen LogP contribution in [-0.4, -0.2) is 77.1 Å². The molecule has 1 fully saturated rings. The Balaban J connectivity index is 1.73. The molecule has 0 heterocycles. The third-order valence-electron chi connectivity index (χ3n) is 10.6. The van der Waals surface area contributed by atoms with Gasteiger partial charge in [0, 0.05) is 49.9 Å². The van der Waals surface area contributed by atoms with Crippen molar-refractivity contribution in [3.8, 4) is 0 Å². The molecule has 0 unspecified atom stereocenters. The summed E-state index contributed by atoms with van der Waals surface area (Å²) >= 11 is 0. The van der Waals surface area contributed by atoms with E-state index in [1.165, 1.54) is 68.4 Å². The van der Waals surface area contributed by atoms with Crippen LogP contribution in [0.2, 0.25) is 0 Å². The maximum atomic E-state index is 14.8. The summed E-state index contributed by atoms with van der Waals surface area (Å²) in [5, 5.41) is 0. The van der Waals surface area contributed by atoms with Crippen molar-refractivity contribution in [1.29, 1.82) is 0 Å². The summed E-state index contributed by atoms with van der Waals surface area (Å²) < 4.78 is 163. The molecular weight excluding hydrogens is 795 g/mol. The molecule has 4 rings (SSSR count). The quantitative estimate of drug-likeness (QED) is 0.0851. The molecule has 0 amide bonds. The molecular formula is C40H41F9O9. The molecule has 0 aliphatic heterocycles. The average molecular weight is 837 g/mol. The zero-order valence-electron chi connectivity index (χ0n) is 31.7. The summed E-state index contributed by atoms with van der Waals surface area (Å²) in [6, 6.07) is 17.4. The molecule has 58 heavy (non-hydrogen) atoms. The molecule has 3 aromatic rings. The van der Waals surface area contributed by atoms with Gasteiger partial charge in [0.25, 0.3) is 16.8 Å². The lowest BCUT2D eigenvalue weighted by Crippen LogP contribution is -2.53. The number of rotatable bonds is 15. The molecule has 9 nitrogen and oxygen atoms in total. The van der Waals surface area contributed by atoms with Gasteiger partial charge in [-0.15, -0.1) is 0 Å². The fourth-order valence-corrected chi connectivity index (χ4v) is 7.62. The zero-order valence-corrected chi connectivity index (χ0v) is 31.7. The summed E-state index contributed by atoms with van der Waals surface area (Å²) in [4.78, 5) is 40.7. The van der Waals surface area contributed by atoms with Gasteiger partial charge in [-0.05, 0) is 18.3 Å². The molecule has 1 aliphatic carbocycles. The topological polar surface area (TPSA) is 107 Å². The largest absolute Gasteiger partial charge is 0.463 e. The monoisotopic (exact) mass is 836 g/mol. The van der Waals surface area contributed by atoms with E-state index < -0.39 is 113 Å². The lowest BCUT2D eigenvalue weighted by Gasteiger charge is -2.37. The SMILES string of the molecule is CO[C@](C(=O)OC[C@H]1[C@H]([C@@H](C)COC(=O)[C@@](OC)(c2ccccc2)C(F)(F)F)[C@@H](OC(=O)[C@@](OC)(c2ccccc2)C(F)(F)F)C[C@@H]1C)(c1ccccc1)C(F)(F)F. The number of methoxy groups -OCH3 is 3. The van der Waals surface area contributed by atoms with Crippen LogP contribution in [0.1, 0.15) is 37.0 Å². The summed E-state index contributed by atoms with van der Waals surface area (Å²) in [5.41, 5.74) is -12.9. The van der Waals surface area contributed by atoms with Crippen LogP contribution in [-0.2, 0) is 59.6 Å². The first-order valence-electron chi connectivity index (χ1n) is 17.7. The first kappa shape index (κ1) is 46.0. The van der Waals surface area contributed by atoms with E-state index in [0.717, 1.165) is 36.4 Å². The van der Waals surface area contributed by atoms with Gasteiger partial charge in [0.1, 0.15) is 6.10 Å². The van der Waals surface area contributed by atoms with Gasteiger partial charge in [0.05, 0.1) is 13.2 Å². The highest BCUT2D eigenvalue weighted by molar-refractivity contribution is 5.84. The van der Waals surface area contributed by atoms with Gasteiger partial charge in [-0.2, -0.15) is 39.5 Å². The number of hydrogen-bond acceptors (Lipinski definition) is 9. The lowest BCUT2D eigenvalue weighted by atomic mass is 9.82. The van der Waals surface area contributed by atoms with Gasteiger partial charge >= 0.3 is 36.4 Å². The maximum Gasteiger partial charge on any atom is 0.432 e. The van der Waals surface area contributed by atoms with Crippen molar-refractivity contribution < 1.29 is 82.3 Å². The second-order valence-electron chi connectivity index (χ2n) is 13.8. The van der Waals surface area contributed by atoms with E-state index in [2.05, 4.69) is 0 Å². The maximum absolute atomic E-state index is 14.8. The average Bonchev–Trinajstić information content (AvgIpc) is 3.47. The molecule has 0 saturated heterocycles. The van der Waals surface area contributed by atoms with E-state index in [4.69, 9.17) is 28.4 Å².